The minimum Gasteiger partial charge on any atom is -0.490 e. The van der Waals surface area contributed by atoms with Crippen LogP contribution >= 0.6 is 0 Å². The molecule has 0 aliphatic carbocycles. The van der Waals surface area contributed by atoms with Crippen molar-refractivity contribution in [3.63, 3.8) is 0 Å². The molecule has 0 saturated carbocycles. The van der Waals surface area contributed by atoms with Gasteiger partial charge in [-0.3, -0.25) is 4.79 Å². The predicted octanol–water partition coefficient (Wildman–Crippen LogP) is 1.69. The van der Waals surface area contributed by atoms with Gasteiger partial charge in [0.15, 0.2) is 16.9 Å². The molecule has 2 aromatic rings. The van der Waals surface area contributed by atoms with E-state index in [1.807, 2.05) is 6.07 Å². The highest BCUT2D eigenvalue weighted by Gasteiger charge is 2.12. The predicted molar refractivity (Wildman–Crippen MR) is 60.2 cm³/mol. The van der Waals surface area contributed by atoms with Gasteiger partial charge in [-0.2, -0.15) is 0 Å². The fourth-order valence-electron chi connectivity index (χ4n) is 1.83. The number of pyridine rings is 1. The van der Waals surface area contributed by atoms with E-state index >= 15 is 0 Å². The zero-order chi connectivity index (χ0) is 11.0. The molecule has 0 bridgehead atoms. The smallest absolute Gasteiger partial charge is 0.189 e. The van der Waals surface area contributed by atoms with Crippen LogP contribution in [0.5, 0.6) is 11.5 Å². The van der Waals surface area contributed by atoms with Crippen molar-refractivity contribution >= 4 is 10.9 Å². The number of hydrogen-bond donors (Lipinski definition) is 1. The van der Waals surface area contributed by atoms with Gasteiger partial charge in [-0.15, -0.1) is 0 Å². The lowest BCUT2D eigenvalue weighted by Gasteiger charge is -2.08. The van der Waals surface area contributed by atoms with E-state index in [1.165, 1.54) is 6.07 Å². The molecule has 0 spiro atoms. The van der Waals surface area contributed by atoms with E-state index in [4.69, 9.17) is 9.47 Å². The number of hydrogen-bond acceptors (Lipinski definition) is 3. The summed E-state index contributed by atoms with van der Waals surface area (Å²) in [4.78, 5) is 14.7. The first kappa shape index (κ1) is 9.27. The monoisotopic (exact) mass is 217 g/mol. The van der Waals surface area contributed by atoms with Gasteiger partial charge < -0.3 is 14.5 Å². The maximum Gasteiger partial charge on any atom is 0.189 e. The molecule has 2 heterocycles. The molecule has 1 N–H and O–H groups in total. The molecule has 0 radical (unpaired) electrons. The summed E-state index contributed by atoms with van der Waals surface area (Å²) in [6, 6.07) is 5.07. The van der Waals surface area contributed by atoms with Crippen LogP contribution in [0.3, 0.4) is 0 Å². The van der Waals surface area contributed by atoms with Gasteiger partial charge >= 0.3 is 0 Å². The van der Waals surface area contributed by atoms with Gasteiger partial charge in [0.25, 0.3) is 0 Å². The molecule has 0 unspecified atom stereocenters. The zero-order valence-electron chi connectivity index (χ0n) is 8.66. The van der Waals surface area contributed by atoms with Gasteiger partial charge in [-0.05, 0) is 6.07 Å². The lowest BCUT2D eigenvalue weighted by molar-refractivity contribution is 0.297. The van der Waals surface area contributed by atoms with Crippen molar-refractivity contribution in [3.05, 3.63) is 34.6 Å². The Morgan fingerprint density at radius 2 is 1.88 bits per heavy atom. The minimum absolute atomic E-state index is 0.00982. The number of H-pyrrole nitrogens is 1. The Labute approximate surface area is 91.8 Å². The van der Waals surface area contributed by atoms with Crippen molar-refractivity contribution in [2.45, 2.75) is 6.42 Å². The molecule has 1 aliphatic rings. The van der Waals surface area contributed by atoms with Gasteiger partial charge in [-0.1, -0.05) is 0 Å². The van der Waals surface area contributed by atoms with E-state index in [-0.39, 0.29) is 5.43 Å². The number of ether oxygens (including phenoxy) is 2. The first-order valence-corrected chi connectivity index (χ1v) is 5.26. The van der Waals surface area contributed by atoms with Crippen LogP contribution in [0.15, 0.2) is 29.2 Å². The van der Waals surface area contributed by atoms with Crippen molar-refractivity contribution in [1.29, 1.82) is 0 Å². The molecule has 3 rings (SSSR count). The van der Waals surface area contributed by atoms with E-state index in [2.05, 4.69) is 4.98 Å². The molecular weight excluding hydrogens is 206 g/mol. The summed E-state index contributed by atoms with van der Waals surface area (Å²) >= 11 is 0. The maximum absolute atomic E-state index is 11.6. The van der Waals surface area contributed by atoms with Crippen molar-refractivity contribution < 1.29 is 9.47 Å². The van der Waals surface area contributed by atoms with Gasteiger partial charge in [0, 0.05) is 30.1 Å². The van der Waals surface area contributed by atoms with Crippen LogP contribution in [0.2, 0.25) is 0 Å². The average molecular weight is 217 g/mol. The van der Waals surface area contributed by atoms with Crippen LogP contribution < -0.4 is 14.9 Å². The Bertz CT molecular complexity index is 588. The van der Waals surface area contributed by atoms with Gasteiger partial charge in [-0.25, -0.2) is 0 Å². The third-order valence-corrected chi connectivity index (χ3v) is 2.63. The summed E-state index contributed by atoms with van der Waals surface area (Å²) < 4.78 is 11.1. The Balaban J connectivity index is 2.28. The van der Waals surface area contributed by atoms with Crippen molar-refractivity contribution in [3.8, 4) is 11.5 Å². The van der Waals surface area contributed by atoms with Crippen molar-refractivity contribution in [1.82, 2.24) is 4.98 Å². The summed E-state index contributed by atoms with van der Waals surface area (Å²) in [5.74, 6) is 1.36. The molecule has 4 nitrogen and oxygen atoms in total. The van der Waals surface area contributed by atoms with Crippen LogP contribution in [0.25, 0.3) is 10.9 Å². The highest BCUT2D eigenvalue weighted by Crippen LogP contribution is 2.32. The van der Waals surface area contributed by atoms with Gasteiger partial charge in [0.2, 0.25) is 0 Å². The van der Waals surface area contributed by atoms with E-state index in [0.29, 0.717) is 30.1 Å². The molecular formula is C12H11NO3. The fraction of sp³-hybridized carbons (Fsp3) is 0.250. The number of aromatic nitrogens is 1. The second-order valence-corrected chi connectivity index (χ2v) is 3.74. The largest absolute Gasteiger partial charge is 0.490 e. The molecule has 1 aromatic heterocycles. The van der Waals surface area contributed by atoms with Gasteiger partial charge in [0.05, 0.1) is 18.7 Å². The lowest BCUT2D eigenvalue weighted by Crippen LogP contribution is -2.01. The first-order valence-electron chi connectivity index (χ1n) is 5.26. The molecule has 0 fully saturated rings. The highest BCUT2D eigenvalue weighted by molar-refractivity contribution is 5.82. The lowest BCUT2D eigenvalue weighted by atomic mass is 10.2. The third kappa shape index (κ3) is 1.43. The average Bonchev–Trinajstić information content (AvgIpc) is 2.52. The molecule has 16 heavy (non-hydrogen) atoms. The number of nitrogens with one attached hydrogen (secondary N) is 1. The van der Waals surface area contributed by atoms with E-state index in [9.17, 15) is 4.79 Å². The van der Waals surface area contributed by atoms with E-state index in [1.54, 1.807) is 12.3 Å². The Kier molecular flexibility index (Phi) is 2.06. The van der Waals surface area contributed by atoms with E-state index in [0.717, 1.165) is 11.9 Å². The van der Waals surface area contributed by atoms with E-state index < -0.39 is 0 Å². The maximum atomic E-state index is 11.6. The number of fused-ring (bicyclic) bond motifs is 2. The summed E-state index contributed by atoms with van der Waals surface area (Å²) in [6.45, 7) is 1.28. The number of aromatic amines is 1. The van der Waals surface area contributed by atoms with Crippen LogP contribution in [0, 0.1) is 0 Å². The second kappa shape index (κ2) is 3.56. The van der Waals surface area contributed by atoms with Crippen LogP contribution in [-0.4, -0.2) is 18.2 Å². The molecule has 1 aliphatic heterocycles. The summed E-state index contributed by atoms with van der Waals surface area (Å²) in [5.41, 5.74) is 0.765. The molecule has 0 atom stereocenters. The molecule has 4 heteroatoms. The van der Waals surface area contributed by atoms with Crippen molar-refractivity contribution in [2.75, 3.05) is 13.2 Å². The van der Waals surface area contributed by atoms with Gasteiger partial charge in [0.1, 0.15) is 0 Å². The fourth-order valence-corrected chi connectivity index (χ4v) is 1.83. The summed E-state index contributed by atoms with van der Waals surface area (Å²) in [5, 5.41) is 0.631. The summed E-state index contributed by atoms with van der Waals surface area (Å²) in [6.07, 6.45) is 2.49. The second-order valence-electron chi connectivity index (χ2n) is 3.74. The van der Waals surface area contributed by atoms with Crippen LogP contribution in [0.4, 0.5) is 0 Å². The molecule has 0 saturated heterocycles. The quantitative estimate of drug-likeness (QED) is 0.730. The molecule has 1 aromatic carbocycles. The Hall–Kier alpha value is -1.97. The first-order chi connectivity index (χ1) is 7.84. The topological polar surface area (TPSA) is 51.3 Å². The molecule has 0 amide bonds. The van der Waals surface area contributed by atoms with Crippen LogP contribution in [0.1, 0.15) is 6.42 Å². The Morgan fingerprint density at radius 1 is 1.12 bits per heavy atom. The third-order valence-electron chi connectivity index (χ3n) is 2.63. The SMILES string of the molecule is O=c1cc[nH]c2cc3c(cc12)OCCCO3. The zero-order valence-corrected chi connectivity index (χ0v) is 8.66. The van der Waals surface area contributed by atoms with Crippen LogP contribution in [-0.2, 0) is 0 Å². The number of benzene rings is 1. The summed E-state index contributed by atoms with van der Waals surface area (Å²) in [7, 11) is 0. The van der Waals surface area contributed by atoms with Crippen molar-refractivity contribution in [2.24, 2.45) is 0 Å². The standard InChI is InChI=1S/C12H11NO3/c14-10-2-3-13-9-7-12-11(6-8(9)10)15-4-1-5-16-12/h2-3,6-7H,1,4-5H2,(H,13,14). The minimum atomic E-state index is -0.00982. The normalized spacial score (nSPS) is 14.8. The number of rotatable bonds is 0. The molecule has 82 valence electrons. The Morgan fingerprint density at radius 3 is 2.69 bits per heavy atom. The highest BCUT2D eigenvalue weighted by atomic mass is 16.5.